The molecular formula is C116H182Ge5N5+5. The molecule has 126 heavy (non-hydrogen) atoms. The van der Waals surface area contributed by atoms with Gasteiger partial charge in [-0.1, -0.05) is 0 Å². The molecule has 0 aliphatic carbocycles. The van der Waals surface area contributed by atoms with E-state index in [-0.39, 0.29) is 16.2 Å². The number of rotatable bonds is 21. The molecule has 10 aromatic rings. The first-order valence-electron chi connectivity index (χ1n) is 48.2. The van der Waals surface area contributed by atoms with Gasteiger partial charge in [0.1, 0.15) is 0 Å². The van der Waals surface area contributed by atoms with Crippen molar-refractivity contribution in [1.82, 2.24) is 0 Å². The first kappa shape index (κ1) is 109. The Bertz CT molecular complexity index is 5380. The van der Waals surface area contributed by atoms with Gasteiger partial charge < -0.3 is 0 Å². The second kappa shape index (κ2) is 43.9. The van der Waals surface area contributed by atoms with E-state index in [1.807, 2.05) is 0 Å². The summed E-state index contributed by atoms with van der Waals surface area (Å²) >= 11 is -9.54. The van der Waals surface area contributed by atoms with E-state index in [0.717, 1.165) is 6.42 Å². The van der Waals surface area contributed by atoms with Gasteiger partial charge in [0.15, 0.2) is 0 Å². The molecule has 0 aliphatic heterocycles. The quantitative estimate of drug-likeness (QED) is 0.0505. The van der Waals surface area contributed by atoms with Crippen LogP contribution in [0.25, 0.3) is 56.3 Å². The van der Waals surface area contributed by atoms with Crippen molar-refractivity contribution in [2.24, 2.45) is 64.8 Å². The van der Waals surface area contributed by atoms with E-state index >= 15 is 0 Å². The third kappa shape index (κ3) is 30.6. The molecule has 0 aliphatic rings. The number of hydrogen-bond donors (Lipinski definition) is 0. The van der Waals surface area contributed by atoms with E-state index in [2.05, 4.69) is 484 Å². The summed E-state index contributed by atoms with van der Waals surface area (Å²) in [5, 5.41) is 0. The van der Waals surface area contributed by atoms with E-state index in [9.17, 15) is 0 Å². The molecular weight excluding hydrogens is 1830 g/mol. The molecule has 0 N–H and O–H groups in total. The van der Waals surface area contributed by atoms with Gasteiger partial charge in [0.05, 0.1) is 0 Å². The zero-order chi connectivity index (χ0) is 95.9. The fourth-order valence-corrected chi connectivity index (χ4v) is 36.0. The number of aromatic nitrogens is 5. The van der Waals surface area contributed by atoms with E-state index in [1.165, 1.54) is 143 Å². The third-order valence-corrected chi connectivity index (χ3v) is 46.5. The summed E-state index contributed by atoms with van der Waals surface area (Å²) in [6, 6.07) is 47.1. The predicted octanol–water partition coefficient (Wildman–Crippen LogP) is 26.5. The SMILES string of the molecule is Cc1cc(C(C)(C)C)ccc1-c1cc(C(C)(C)C)[c]([Ge]([CH3])([CH3])[CH3])c[n+]1C.Cc1ccc(C(C)(C)C)cc1-c1cc(CC(C)C)[c]([Ge]([CH3])([CH3])[CH3])c[n+]1C.Cc1ccc(C(C)C)cc1-c1cc(CC(C)C)[c]([Ge]([CH3])([CH3])[CH3])c[n+]1C.Cc1ccc(C)c(-c2cc(CC(C)C)[c]([Ge]([CH3])([CH3])[CH3])c[n+]2C)c1.Cc1ccc(CC(C)C)cc1-c1cc(CC(C)C)[c]([Ge]([CH3])([CH3])[CH3])c[n+]1C. The average molecular weight is 2010 g/mol. The minimum absolute atomic E-state index is 0.163. The second-order valence-corrected chi connectivity index (χ2v) is 102. The molecule has 0 amide bonds. The summed E-state index contributed by atoms with van der Waals surface area (Å²) in [7, 11) is 11.1. The Morgan fingerprint density at radius 1 is 0.254 bits per heavy atom. The molecule has 5 aromatic carbocycles. The fourth-order valence-electron chi connectivity index (χ4n) is 17.7. The van der Waals surface area contributed by atoms with Crippen LogP contribution in [0, 0.1) is 71.1 Å². The van der Waals surface area contributed by atoms with Crippen molar-refractivity contribution in [1.29, 1.82) is 0 Å². The number of aryl methyl sites for hydroxylation is 11. The van der Waals surface area contributed by atoms with Crippen LogP contribution in [0.3, 0.4) is 0 Å². The molecule has 0 fully saturated rings. The molecule has 5 aromatic heterocycles. The summed E-state index contributed by atoms with van der Waals surface area (Å²) in [4.78, 5) is 0. The monoisotopic (exact) mass is 2020 g/mol. The standard InChI is InChI=1S/3C24H38GeN.C23H36GeN.C21H32GeN/c1-17-14-18(23(2,3)4)12-13-19(17)22-15-20(24(5,6)7)21(16-26(22)11)25(8,9)10;1-17(2)13-19-14-23(26(10)16-22(19)25(7,8)9)21-15-20(24(4,5)6)12-11-18(21)3;1-17(2)12-20-11-10-19(5)22(14-20)24-15-21(13-18(3)4)23(16-26(24)9)25(6,7)8;1-16(2)12-20-14-23(25(9)15-22(20)24(6,7)8)21-13-19(17(3)4)11-10-18(21)5;1-15(2)11-18-13-21(19-12-16(3)9-10-17(19)4)23(8)14-20(18)22(5,6)7/h12-16H,1-11H3;11-12,14-17H,13H2,1-10H3;10-11,14-18H,12-13H2,1-9H3;10-11,13-17H,12H2,1-9H3;9-10,12-15H,11H2,1-8H3/q5*+1. The summed E-state index contributed by atoms with van der Waals surface area (Å²) in [6.45, 7) is 61.9. The van der Waals surface area contributed by atoms with Crippen LogP contribution in [0.5, 0.6) is 0 Å². The molecule has 0 saturated carbocycles. The predicted molar refractivity (Wildman–Crippen MR) is 571 cm³/mol. The zero-order valence-electron chi connectivity index (χ0n) is 89.7. The van der Waals surface area contributed by atoms with Crippen LogP contribution < -0.4 is 44.8 Å². The first-order valence-corrected chi connectivity index (χ1v) is 84.9. The van der Waals surface area contributed by atoms with Gasteiger partial charge in [-0.25, -0.2) is 0 Å². The second-order valence-electron chi connectivity index (χ2n) is 48.7. The topological polar surface area (TPSA) is 19.4 Å². The van der Waals surface area contributed by atoms with Gasteiger partial charge in [-0.05, 0) is 0 Å². The van der Waals surface area contributed by atoms with Crippen molar-refractivity contribution in [3.05, 3.63) is 236 Å². The van der Waals surface area contributed by atoms with Gasteiger partial charge in [-0.2, -0.15) is 0 Å². The van der Waals surface area contributed by atoms with Crippen LogP contribution in [0.4, 0.5) is 0 Å². The fraction of sp³-hybridized carbons (Fsp3) is 0.526. The molecule has 0 atom stereocenters. The van der Waals surface area contributed by atoms with Crippen LogP contribution in [0.15, 0.2) is 152 Å². The Hall–Kier alpha value is -5.44. The number of hydrogen-bond acceptors (Lipinski definition) is 0. The van der Waals surface area contributed by atoms with Crippen molar-refractivity contribution in [3.63, 3.8) is 0 Å². The van der Waals surface area contributed by atoms with Gasteiger partial charge in [-0.15, -0.1) is 0 Å². The molecule has 0 radical (unpaired) electrons. The van der Waals surface area contributed by atoms with Crippen molar-refractivity contribution >= 4 is 88.3 Å². The molecule has 0 saturated heterocycles. The first-order chi connectivity index (χ1) is 57.5. The van der Waals surface area contributed by atoms with Crippen LogP contribution in [0.1, 0.15) is 235 Å². The van der Waals surface area contributed by atoms with Gasteiger partial charge in [0, 0.05) is 0 Å². The Kier molecular flexibility index (Phi) is 38.1. The Labute approximate surface area is 788 Å². The number of benzene rings is 5. The van der Waals surface area contributed by atoms with Crippen LogP contribution in [-0.4, -0.2) is 66.3 Å². The average Bonchev–Trinajstić information content (AvgIpc) is 0.783. The molecule has 10 rings (SSSR count). The Balaban J connectivity index is 0.000000243. The van der Waals surface area contributed by atoms with E-state index in [4.69, 9.17) is 0 Å². The van der Waals surface area contributed by atoms with Crippen LogP contribution >= 0.6 is 0 Å². The molecule has 10 heteroatoms. The number of nitrogens with zero attached hydrogens (tertiary/aromatic N) is 5. The molecule has 0 spiro atoms. The molecule has 5 nitrogen and oxygen atoms in total. The van der Waals surface area contributed by atoms with Crippen LogP contribution in [-0.2, 0) is 83.6 Å². The summed E-state index contributed by atoms with van der Waals surface area (Å²) in [6.07, 6.45) is 18.0. The third-order valence-electron chi connectivity index (χ3n) is 24.9. The van der Waals surface area contributed by atoms with Gasteiger partial charge in [0.25, 0.3) is 0 Å². The van der Waals surface area contributed by atoms with Crippen molar-refractivity contribution < 1.29 is 22.8 Å². The van der Waals surface area contributed by atoms with E-state index in [1.54, 1.807) is 44.2 Å². The maximum atomic E-state index is 2.51. The Morgan fingerprint density at radius 2 is 0.532 bits per heavy atom. The summed E-state index contributed by atoms with van der Waals surface area (Å²) in [5.41, 5.74) is 35.7. The molecule has 686 valence electrons. The number of pyridine rings is 5. The van der Waals surface area contributed by atoms with Crippen LogP contribution in [0.2, 0.25) is 86.3 Å². The normalized spacial score (nSPS) is 12.5. The van der Waals surface area contributed by atoms with Crippen molar-refractivity contribution in [3.8, 4) is 56.3 Å². The zero-order valence-corrected chi connectivity index (χ0v) is 100. The van der Waals surface area contributed by atoms with Gasteiger partial charge in [0.2, 0.25) is 0 Å². The van der Waals surface area contributed by atoms with Crippen molar-refractivity contribution in [2.45, 2.75) is 328 Å². The summed E-state index contributed by atoms with van der Waals surface area (Å²) < 4.78 is 20.0. The van der Waals surface area contributed by atoms with E-state index < -0.39 is 66.3 Å². The molecule has 5 heterocycles. The van der Waals surface area contributed by atoms with Gasteiger partial charge in [-0.3, -0.25) is 0 Å². The van der Waals surface area contributed by atoms with E-state index in [0.29, 0.717) is 35.5 Å². The van der Waals surface area contributed by atoms with Gasteiger partial charge >= 0.3 is 796 Å². The molecule has 0 unspecified atom stereocenters. The minimum atomic E-state index is -1.95. The Morgan fingerprint density at radius 3 is 0.841 bits per heavy atom. The van der Waals surface area contributed by atoms with Crippen molar-refractivity contribution in [2.75, 3.05) is 0 Å². The molecule has 0 bridgehead atoms. The maximum absolute atomic E-state index is 2.51. The summed E-state index contributed by atoms with van der Waals surface area (Å²) in [5.74, 6) is 41.5.